The molecule has 3 atom stereocenters. The van der Waals surface area contributed by atoms with Crippen molar-refractivity contribution in [2.75, 3.05) is 12.3 Å². The molecule has 4 N–H and O–H groups in total. The first-order valence-corrected chi connectivity index (χ1v) is 9.47. The summed E-state index contributed by atoms with van der Waals surface area (Å²) in [5.74, 6) is 0.712. The van der Waals surface area contributed by atoms with Gasteiger partial charge < -0.3 is 20.7 Å². The van der Waals surface area contributed by atoms with Gasteiger partial charge >= 0.3 is 0 Å². The Kier molecular flexibility index (Phi) is 4.58. The number of nitrogen functional groups attached to an aromatic ring is 1. The molecule has 152 valence electrons. The Labute approximate surface area is 171 Å². The number of aliphatic hydroxyl groups excluding tert-OH is 2. The van der Waals surface area contributed by atoms with E-state index in [4.69, 9.17) is 15.5 Å². The molecule has 10 heteroatoms. The highest BCUT2D eigenvalue weighted by molar-refractivity contribution is 5.85. The summed E-state index contributed by atoms with van der Waals surface area (Å²) in [6, 6.07) is 11.2. The van der Waals surface area contributed by atoms with Crippen molar-refractivity contribution in [3.05, 3.63) is 48.9 Å². The maximum absolute atomic E-state index is 10.2. The van der Waals surface area contributed by atoms with E-state index in [0.29, 0.717) is 28.4 Å². The predicted molar refractivity (Wildman–Crippen MR) is 108 cm³/mol. The monoisotopic (exact) mass is 405 g/mol. The van der Waals surface area contributed by atoms with E-state index in [1.54, 1.807) is 10.8 Å². The first-order chi connectivity index (χ1) is 14.7. The SMILES string of the molecule is Nc1ncnc2c1nc(-c1cccc(-c3ccccn3)n1)n2[C@H]1C[C@H](O)[C@@H](CO)O1. The lowest BCUT2D eigenvalue weighted by atomic mass is 10.2. The van der Waals surface area contributed by atoms with Gasteiger partial charge in [0.05, 0.1) is 24.1 Å². The molecule has 0 spiro atoms. The Balaban J connectivity index is 1.68. The molecule has 0 aliphatic carbocycles. The van der Waals surface area contributed by atoms with Gasteiger partial charge in [0.2, 0.25) is 0 Å². The number of rotatable bonds is 4. The third-order valence-electron chi connectivity index (χ3n) is 5.08. The summed E-state index contributed by atoms with van der Waals surface area (Å²) < 4.78 is 7.62. The number of ether oxygens (including phenoxy) is 1. The Morgan fingerprint density at radius 3 is 2.63 bits per heavy atom. The number of imidazole rings is 1. The van der Waals surface area contributed by atoms with Crippen molar-refractivity contribution in [2.24, 2.45) is 0 Å². The van der Waals surface area contributed by atoms with Crippen LogP contribution in [0.2, 0.25) is 0 Å². The quantitative estimate of drug-likeness (QED) is 0.455. The van der Waals surface area contributed by atoms with Gasteiger partial charge in [-0.25, -0.2) is 19.9 Å². The maximum atomic E-state index is 10.2. The highest BCUT2D eigenvalue weighted by Gasteiger charge is 2.37. The zero-order chi connectivity index (χ0) is 20.7. The van der Waals surface area contributed by atoms with Crippen LogP contribution in [-0.2, 0) is 4.74 Å². The number of nitrogens with two attached hydrogens (primary N) is 1. The molecule has 1 aliphatic rings. The largest absolute Gasteiger partial charge is 0.394 e. The molecule has 1 fully saturated rings. The molecule has 0 aromatic carbocycles. The van der Waals surface area contributed by atoms with E-state index in [-0.39, 0.29) is 18.8 Å². The summed E-state index contributed by atoms with van der Waals surface area (Å²) in [5, 5.41) is 19.7. The van der Waals surface area contributed by atoms with Gasteiger partial charge in [-0.1, -0.05) is 12.1 Å². The molecule has 0 unspecified atom stereocenters. The van der Waals surface area contributed by atoms with Crippen LogP contribution in [0.4, 0.5) is 5.82 Å². The summed E-state index contributed by atoms with van der Waals surface area (Å²) in [7, 11) is 0. The Hall–Kier alpha value is -3.47. The molecule has 0 bridgehead atoms. The first kappa shape index (κ1) is 18.6. The molecule has 0 radical (unpaired) electrons. The van der Waals surface area contributed by atoms with Crippen molar-refractivity contribution in [3.8, 4) is 22.9 Å². The number of hydrogen-bond acceptors (Lipinski definition) is 9. The molecule has 1 aliphatic heterocycles. The van der Waals surface area contributed by atoms with Gasteiger partial charge in [-0.2, -0.15) is 0 Å². The minimum atomic E-state index is -0.808. The van der Waals surface area contributed by atoms with Gasteiger partial charge in [0.1, 0.15) is 24.4 Å². The van der Waals surface area contributed by atoms with E-state index < -0.39 is 18.4 Å². The topological polar surface area (TPSA) is 145 Å². The van der Waals surface area contributed by atoms with Crippen LogP contribution in [0.25, 0.3) is 34.1 Å². The standard InChI is InChI=1S/C20H19N7O3/c21-18-17-20(24-10-23-18)27(16-8-14(29)15(9-28)30-16)19(26-17)13-6-3-5-12(25-13)11-4-1-2-7-22-11/h1-7,10,14-16,28-29H,8-9H2,(H2,21,23,24)/t14-,15+,16+/m0/s1. The number of fused-ring (bicyclic) bond motifs is 1. The average molecular weight is 405 g/mol. The van der Waals surface area contributed by atoms with Crippen molar-refractivity contribution >= 4 is 17.0 Å². The molecule has 30 heavy (non-hydrogen) atoms. The third-order valence-corrected chi connectivity index (χ3v) is 5.08. The molecule has 4 aromatic heterocycles. The van der Waals surface area contributed by atoms with E-state index in [1.807, 2.05) is 36.4 Å². The Morgan fingerprint density at radius 1 is 1.03 bits per heavy atom. The molecule has 4 aromatic rings. The summed E-state index contributed by atoms with van der Waals surface area (Å²) in [6.45, 7) is -0.288. The molecular formula is C20H19N7O3. The predicted octanol–water partition coefficient (Wildman–Crippen LogP) is 1.17. The zero-order valence-electron chi connectivity index (χ0n) is 15.8. The number of aromatic nitrogens is 6. The van der Waals surface area contributed by atoms with Gasteiger partial charge in [-0.15, -0.1) is 0 Å². The van der Waals surface area contributed by atoms with Crippen LogP contribution in [0.5, 0.6) is 0 Å². The molecule has 5 heterocycles. The van der Waals surface area contributed by atoms with Crippen LogP contribution >= 0.6 is 0 Å². The summed E-state index contributed by atoms with van der Waals surface area (Å²) >= 11 is 0. The molecule has 0 saturated carbocycles. The molecule has 1 saturated heterocycles. The number of nitrogens with zero attached hydrogens (tertiary/aromatic N) is 6. The van der Waals surface area contributed by atoms with Crippen molar-refractivity contribution in [1.82, 2.24) is 29.5 Å². The van der Waals surface area contributed by atoms with Crippen molar-refractivity contribution in [1.29, 1.82) is 0 Å². The van der Waals surface area contributed by atoms with Crippen LogP contribution in [-0.4, -0.2) is 58.5 Å². The van der Waals surface area contributed by atoms with Gasteiger partial charge in [0.25, 0.3) is 0 Å². The van der Waals surface area contributed by atoms with Crippen LogP contribution in [0.15, 0.2) is 48.9 Å². The Morgan fingerprint density at radius 2 is 1.87 bits per heavy atom. The lowest BCUT2D eigenvalue weighted by Gasteiger charge is -2.16. The smallest absolute Gasteiger partial charge is 0.168 e. The lowest BCUT2D eigenvalue weighted by Crippen LogP contribution is -2.24. The minimum Gasteiger partial charge on any atom is -0.394 e. The molecule has 5 rings (SSSR count). The van der Waals surface area contributed by atoms with Crippen LogP contribution in [0.3, 0.4) is 0 Å². The number of pyridine rings is 2. The van der Waals surface area contributed by atoms with Gasteiger partial charge in [-0.05, 0) is 24.3 Å². The van der Waals surface area contributed by atoms with Crippen LogP contribution in [0, 0.1) is 0 Å². The second-order valence-electron chi connectivity index (χ2n) is 6.97. The van der Waals surface area contributed by atoms with E-state index in [1.165, 1.54) is 6.33 Å². The molecular weight excluding hydrogens is 386 g/mol. The number of anilines is 1. The normalized spacial score (nSPS) is 21.3. The number of hydrogen-bond donors (Lipinski definition) is 3. The van der Waals surface area contributed by atoms with E-state index in [0.717, 1.165) is 5.69 Å². The highest BCUT2D eigenvalue weighted by Crippen LogP contribution is 2.36. The van der Waals surface area contributed by atoms with Crippen molar-refractivity contribution < 1.29 is 14.9 Å². The van der Waals surface area contributed by atoms with E-state index in [9.17, 15) is 10.2 Å². The fraction of sp³-hybridized carbons (Fsp3) is 0.250. The van der Waals surface area contributed by atoms with Gasteiger partial charge in [0, 0.05) is 12.6 Å². The van der Waals surface area contributed by atoms with E-state index in [2.05, 4.69) is 19.9 Å². The average Bonchev–Trinajstić information content (AvgIpc) is 3.35. The summed E-state index contributed by atoms with van der Waals surface area (Å²) in [5.41, 5.74) is 8.91. The molecule has 0 amide bonds. The maximum Gasteiger partial charge on any atom is 0.168 e. The van der Waals surface area contributed by atoms with Gasteiger partial charge in [0.15, 0.2) is 22.8 Å². The fourth-order valence-corrected chi connectivity index (χ4v) is 3.63. The van der Waals surface area contributed by atoms with Crippen molar-refractivity contribution in [3.63, 3.8) is 0 Å². The van der Waals surface area contributed by atoms with Crippen molar-refractivity contribution in [2.45, 2.75) is 24.9 Å². The minimum absolute atomic E-state index is 0.234. The fourth-order valence-electron chi connectivity index (χ4n) is 3.63. The Bertz CT molecular complexity index is 1200. The van der Waals surface area contributed by atoms with Crippen LogP contribution in [0.1, 0.15) is 12.6 Å². The summed E-state index contributed by atoms with van der Waals surface area (Å²) in [6.07, 6.45) is 1.24. The number of aliphatic hydroxyl groups is 2. The second-order valence-corrected chi connectivity index (χ2v) is 6.97. The van der Waals surface area contributed by atoms with E-state index >= 15 is 0 Å². The molecule has 10 nitrogen and oxygen atoms in total. The van der Waals surface area contributed by atoms with Gasteiger partial charge in [-0.3, -0.25) is 9.55 Å². The lowest BCUT2D eigenvalue weighted by molar-refractivity contribution is -0.0427. The third kappa shape index (κ3) is 3.07. The second kappa shape index (κ2) is 7.41. The van der Waals surface area contributed by atoms with Crippen LogP contribution < -0.4 is 5.73 Å². The first-order valence-electron chi connectivity index (χ1n) is 9.47. The zero-order valence-corrected chi connectivity index (χ0v) is 15.8. The summed E-state index contributed by atoms with van der Waals surface area (Å²) in [4.78, 5) is 22.1. The highest BCUT2D eigenvalue weighted by atomic mass is 16.5.